The van der Waals surface area contributed by atoms with Crippen LogP contribution in [-0.2, 0) is 17.6 Å². The molecule has 0 aliphatic carbocycles. The molecule has 1 amide bonds. The maximum absolute atomic E-state index is 11.9. The van der Waals surface area contributed by atoms with Crippen molar-refractivity contribution in [3.8, 4) is 11.6 Å². The van der Waals surface area contributed by atoms with E-state index in [-0.39, 0.29) is 5.91 Å². The molecule has 0 spiro atoms. The van der Waals surface area contributed by atoms with Crippen LogP contribution in [0.25, 0.3) is 11.6 Å². The summed E-state index contributed by atoms with van der Waals surface area (Å²) in [4.78, 5) is 16.1. The molecule has 1 aromatic carbocycles. The summed E-state index contributed by atoms with van der Waals surface area (Å²) in [6.07, 6.45) is 2.98. The highest BCUT2D eigenvalue weighted by molar-refractivity contribution is 6.30. The highest BCUT2D eigenvalue weighted by atomic mass is 35.5. The minimum Gasteiger partial charge on any atom is -0.461 e. The molecule has 6 nitrogen and oxygen atoms in total. The standard InChI is InChI=1S/C17H16ClN3O3/c18-13-5-3-12(4-6-13)9-10-19-15(22)7-8-16-20-17(21-24-16)14-2-1-11-23-14/h1-6,11H,7-10H2,(H,19,22). The molecule has 0 aliphatic heterocycles. The van der Waals surface area contributed by atoms with E-state index in [2.05, 4.69) is 15.5 Å². The van der Waals surface area contributed by atoms with Crippen molar-refractivity contribution in [1.29, 1.82) is 0 Å². The van der Waals surface area contributed by atoms with Gasteiger partial charge < -0.3 is 14.3 Å². The third kappa shape index (κ3) is 4.45. The monoisotopic (exact) mass is 345 g/mol. The molecule has 124 valence electrons. The maximum atomic E-state index is 11.9. The van der Waals surface area contributed by atoms with Gasteiger partial charge in [0.2, 0.25) is 17.6 Å². The van der Waals surface area contributed by atoms with Crippen molar-refractivity contribution < 1.29 is 13.7 Å². The van der Waals surface area contributed by atoms with Gasteiger partial charge >= 0.3 is 0 Å². The normalized spacial score (nSPS) is 10.7. The Morgan fingerprint density at radius 2 is 2.00 bits per heavy atom. The average Bonchev–Trinajstić information content (AvgIpc) is 3.26. The predicted molar refractivity (Wildman–Crippen MR) is 88.5 cm³/mol. The Morgan fingerprint density at radius 3 is 2.75 bits per heavy atom. The number of carbonyl (C=O) groups excluding carboxylic acids is 1. The van der Waals surface area contributed by atoms with Gasteiger partial charge in [-0.1, -0.05) is 28.9 Å². The van der Waals surface area contributed by atoms with E-state index in [1.807, 2.05) is 24.3 Å². The predicted octanol–water partition coefficient (Wildman–Crippen LogP) is 3.27. The van der Waals surface area contributed by atoms with Crippen LogP contribution in [0.4, 0.5) is 0 Å². The number of amides is 1. The molecule has 0 bridgehead atoms. The minimum atomic E-state index is -0.0540. The summed E-state index contributed by atoms with van der Waals surface area (Å²) in [5, 5.41) is 7.40. The molecule has 0 unspecified atom stereocenters. The summed E-state index contributed by atoms with van der Waals surface area (Å²) in [6, 6.07) is 11.1. The van der Waals surface area contributed by atoms with Crippen molar-refractivity contribution in [2.24, 2.45) is 0 Å². The summed E-state index contributed by atoms with van der Waals surface area (Å²) in [6.45, 7) is 0.571. The largest absolute Gasteiger partial charge is 0.461 e. The molecule has 0 fully saturated rings. The van der Waals surface area contributed by atoms with Crippen LogP contribution in [0, 0.1) is 0 Å². The van der Waals surface area contributed by atoms with E-state index >= 15 is 0 Å². The third-order valence-electron chi connectivity index (χ3n) is 3.42. The lowest BCUT2D eigenvalue weighted by Gasteiger charge is -2.04. The molecule has 2 aromatic heterocycles. The number of furan rings is 1. The number of rotatable bonds is 7. The van der Waals surface area contributed by atoms with Crippen molar-refractivity contribution in [1.82, 2.24) is 15.5 Å². The maximum Gasteiger partial charge on any atom is 0.238 e. The Morgan fingerprint density at radius 1 is 1.17 bits per heavy atom. The highest BCUT2D eigenvalue weighted by Crippen LogP contribution is 2.16. The van der Waals surface area contributed by atoms with Crippen molar-refractivity contribution >= 4 is 17.5 Å². The van der Waals surface area contributed by atoms with Gasteiger partial charge in [-0.05, 0) is 36.2 Å². The number of aromatic nitrogens is 2. The van der Waals surface area contributed by atoms with Gasteiger partial charge in [-0.15, -0.1) is 0 Å². The molecule has 0 saturated carbocycles. The average molecular weight is 346 g/mol. The van der Waals surface area contributed by atoms with Crippen LogP contribution >= 0.6 is 11.6 Å². The molecule has 7 heteroatoms. The molecule has 3 rings (SSSR count). The second-order valence-corrected chi connectivity index (χ2v) is 5.65. The van der Waals surface area contributed by atoms with Crippen LogP contribution < -0.4 is 5.32 Å². The second kappa shape index (κ2) is 7.79. The lowest BCUT2D eigenvalue weighted by Crippen LogP contribution is -2.25. The molecule has 0 atom stereocenters. The lowest BCUT2D eigenvalue weighted by atomic mass is 10.1. The smallest absolute Gasteiger partial charge is 0.238 e. The highest BCUT2D eigenvalue weighted by Gasteiger charge is 2.12. The van der Waals surface area contributed by atoms with Gasteiger partial charge in [0.25, 0.3) is 0 Å². The molecule has 2 heterocycles. The number of nitrogens with zero attached hydrogens (tertiary/aromatic N) is 2. The summed E-state index contributed by atoms with van der Waals surface area (Å²) >= 11 is 5.83. The van der Waals surface area contributed by atoms with E-state index < -0.39 is 0 Å². The Bertz CT molecular complexity index is 782. The zero-order valence-corrected chi connectivity index (χ0v) is 13.6. The van der Waals surface area contributed by atoms with E-state index in [1.54, 1.807) is 18.4 Å². The van der Waals surface area contributed by atoms with E-state index in [4.69, 9.17) is 20.5 Å². The van der Waals surface area contributed by atoms with E-state index in [9.17, 15) is 4.79 Å². The molecule has 3 aromatic rings. The van der Waals surface area contributed by atoms with Gasteiger partial charge in [0.15, 0.2) is 5.76 Å². The summed E-state index contributed by atoms with van der Waals surface area (Å²) in [7, 11) is 0. The van der Waals surface area contributed by atoms with Crippen molar-refractivity contribution in [3.05, 3.63) is 59.1 Å². The number of carbonyl (C=O) groups is 1. The third-order valence-corrected chi connectivity index (χ3v) is 3.68. The summed E-state index contributed by atoms with van der Waals surface area (Å²) in [5.41, 5.74) is 1.12. The van der Waals surface area contributed by atoms with Crippen LogP contribution in [0.2, 0.25) is 5.02 Å². The number of halogens is 1. The van der Waals surface area contributed by atoms with Gasteiger partial charge in [-0.2, -0.15) is 4.98 Å². The van der Waals surface area contributed by atoms with E-state index in [0.717, 1.165) is 12.0 Å². The quantitative estimate of drug-likeness (QED) is 0.710. The van der Waals surface area contributed by atoms with Gasteiger partial charge in [0.05, 0.1) is 6.26 Å². The molecule has 0 aliphatic rings. The SMILES string of the molecule is O=C(CCc1nc(-c2ccco2)no1)NCCc1ccc(Cl)cc1. The zero-order valence-electron chi connectivity index (χ0n) is 12.9. The lowest BCUT2D eigenvalue weighted by molar-refractivity contribution is -0.121. The fraction of sp³-hybridized carbons (Fsp3) is 0.235. The Hall–Kier alpha value is -2.60. The summed E-state index contributed by atoms with van der Waals surface area (Å²) < 4.78 is 10.3. The first kappa shape index (κ1) is 16.3. The van der Waals surface area contributed by atoms with Crippen molar-refractivity contribution in [3.63, 3.8) is 0 Å². The molecular weight excluding hydrogens is 330 g/mol. The number of benzene rings is 1. The number of nitrogens with one attached hydrogen (secondary N) is 1. The first-order valence-corrected chi connectivity index (χ1v) is 7.96. The van der Waals surface area contributed by atoms with E-state index in [0.29, 0.717) is 41.9 Å². The fourth-order valence-electron chi connectivity index (χ4n) is 2.17. The van der Waals surface area contributed by atoms with Crippen molar-refractivity contribution in [2.75, 3.05) is 6.54 Å². The van der Waals surface area contributed by atoms with E-state index in [1.165, 1.54) is 0 Å². The van der Waals surface area contributed by atoms with Gasteiger partial charge in [0, 0.05) is 24.4 Å². The van der Waals surface area contributed by atoms with Crippen LogP contribution in [0.5, 0.6) is 0 Å². The molecule has 1 N–H and O–H groups in total. The van der Waals surface area contributed by atoms with Gasteiger partial charge in [-0.3, -0.25) is 4.79 Å². The molecule has 24 heavy (non-hydrogen) atoms. The van der Waals surface area contributed by atoms with Crippen LogP contribution in [-0.4, -0.2) is 22.6 Å². The number of aryl methyl sites for hydroxylation is 1. The Labute approximate surface area is 143 Å². The zero-order chi connectivity index (χ0) is 16.8. The van der Waals surface area contributed by atoms with Crippen LogP contribution in [0.1, 0.15) is 17.9 Å². The fourth-order valence-corrected chi connectivity index (χ4v) is 2.29. The van der Waals surface area contributed by atoms with Gasteiger partial charge in [0.1, 0.15) is 0 Å². The molecule has 0 saturated heterocycles. The molecular formula is C17H16ClN3O3. The van der Waals surface area contributed by atoms with Gasteiger partial charge in [-0.25, -0.2) is 0 Å². The Balaban J connectivity index is 1.40. The molecule has 0 radical (unpaired) electrons. The minimum absolute atomic E-state index is 0.0540. The first-order valence-electron chi connectivity index (χ1n) is 7.58. The topological polar surface area (TPSA) is 81.2 Å². The van der Waals surface area contributed by atoms with Crippen LogP contribution in [0.3, 0.4) is 0 Å². The van der Waals surface area contributed by atoms with Crippen molar-refractivity contribution in [2.45, 2.75) is 19.3 Å². The first-order chi connectivity index (χ1) is 11.7. The van der Waals surface area contributed by atoms with Crippen LogP contribution in [0.15, 0.2) is 51.6 Å². The summed E-state index contributed by atoms with van der Waals surface area (Å²) in [5.74, 6) is 1.28. The second-order valence-electron chi connectivity index (χ2n) is 5.22. The Kier molecular flexibility index (Phi) is 5.28. The number of hydrogen-bond acceptors (Lipinski definition) is 5. The number of hydrogen-bond donors (Lipinski definition) is 1.